The summed E-state index contributed by atoms with van der Waals surface area (Å²) in [5.74, 6) is 0.675. The van der Waals surface area contributed by atoms with Crippen molar-refractivity contribution in [2.24, 2.45) is 0 Å². The third-order valence-electron chi connectivity index (χ3n) is 3.18. The number of hydrogen-bond acceptors (Lipinski definition) is 6. The quantitative estimate of drug-likeness (QED) is 0.383. The molecule has 1 saturated heterocycles. The normalized spacial score (nSPS) is 17.5. The Morgan fingerprint density at radius 3 is 2.55 bits per heavy atom. The molecule has 0 bridgehead atoms. The smallest absolute Gasteiger partial charge is 0.347 e. The van der Waals surface area contributed by atoms with Crippen LogP contribution >= 0.6 is 33.8 Å². The predicted molar refractivity (Wildman–Crippen MR) is 94.9 cm³/mol. The monoisotopic (exact) mass is 348 g/mol. The molecular weight excluding hydrogens is 336 g/mol. The van der Waals surface area contributed by atoms with Crippen LogP contribution in [0, 0.1) is 0 Å². The lowest BCUT2D eigenvalue weighted by molar-refractivity contribution is 0.0731. The number of aromatic hydroxyl groups is 1. The molecule has 2 aromatic rings. The van der Waals surface area contributed by atoms with Gasteiger partial charge in [0.25, 0.3) is 0 Å². The SMILES string of the molecule is O=C(Oc1ccc(C2SSCC2=S)cc1)c1ccccc1O. The number of carbonyl (C=O) groups is 1. The van der Waals surface area contributed by atoms with Gasteiger partial charge >= 0.3 is 5.97 Å². The Morgan fingerprint density at radius 1 is 1.18 bits per heavy atom. The van der Waals surface area contributed by atoms with Crippen LogP contribution in [0.15, 0.2) is 48.5 Å². The molecule has 1 unspecified atom stereocenters. The number of rotatable bonds is 3. The van der Waals surface area contributed by atoms with Crippen molar-refractivity contribution in [2.75, 3.05) is 5.75 Å². The van der Waals surface area contributed by atoms with Crippen LogP contribution in [0.4, 0.5) is 0 Å². The van der Waals surface area contributed by atoms with E-state index in [1.54, 1.807) is 45.9 Å². The predicted octanol–water partition coefficient (Wildman–Crippen LogP) is 4.42. The van der Waals surface area contributed by atoms with Gasteiger partial charge in [0.05, 0.1) is 5.25 Å². The number of ether oxygens (including phenoxy) is 1. The van der Waals surface area contributed by atoms with Crippen LogP contribution < -0.4 is 4.74 Å². The highest BCUT2D eigenvalue weighted by molar-refractivity contribution is 8.78. The van der Waals surface area contributed by atoms with Crippen LogP contribution in [-0.4, -0.2) is 21.7 Å². The fourth-order valence-corrected chi connectivity index (χ4v) is 5.64. The van der Waals surface area contributed by atoms with E-state index in [0.29, 0.717) is 5.75 Å². The minimum Gasteiger partial charge on any atom is -0.507 e. The molecule has 1 N–H and O–H groups in total. The molecular formula is C16H12O3S3. The van der Waals surface area contributed by atoms with Gasteiger partial charge in [0.2, 0.25) is 0 Å². The van der Waals surface area contributed by atoms with Crippen molar-refractivity contribution in [3.8, 4) is 11.5 Å². The van der Waals surface area contributed by atoms with Crippen molar-refractivity contribution >= 4 is 44.6 Å². The Morgan fingerprint density at radius 2 is 1.91 bits per heavy atom. The molecule has 3 nitrogen and oxygen atoms in total. The molecule has 1 heterocycles. The van der Waals surface area contributed by atoms with Gasteiger partial charge in [-0.15, -0.1) is 0 Å². The number of thiocarbonyl (C=S) groups is 1. The molecule has 22 heavy (non-hydrogen) atoms. The first-order valence-corrected chi connectivity index (χ1v) is 9.35. The lowest BCUT2D eigenvalue weighted by atomic mass is 10.1. The Bertz CT molecular complexity index is 713. The summed E-state index contributed by atoms with van der Waals surface area (Å²) in [7, 11) is 3.52. The van der Waals surface area contributed by atoms with Gasteiger partial charge in [0.1, 0.15) is 17.1 Å². The van der Waals surface area contributed by atoms with E-state index in [0.717, 1.165) is 16.2 Å². The van der Waals surface area contributed by atoms with Crippen molar-refractivity contribution in [1.82, 2.24) is 0 Å². The summed E-state index contributed by atoms with van der Waals surface area (Å²) in [6, 6.07) is 13.6. The number of hydrogen-bond donors (Lipinski definition) is 1. The van der Waals surface area contributed by atoms with Crippen LogP contribution in [0.1, 0.15) is 21.2 Å². The number of phenolic OH excluding ortho intramolecular Hbond substituents is 1. The second-order valence-electron chi connectivity index (χ2n) is 4.68. The van der Waals surface area contributed by atoms with Gasteiger partial charge in [-0.3, -0.25) is 0 Å². The second-order valence-corrected chi connectivity index (χ2v) is 7.68. The van der Waals surface area contributed by atoms with E-state index in [9.17, 15) is 9.90 Å². The first-order chi connectivity index (χ1) is 10.6. The van der Waals surface area contributed by atoms with Crippen molar-refractivity contribution < 1.29 is 14.6 Å². The van der Waals surface area contributed by atoms with Crippen LogP contribution in [0.3, 0.4) is 0 Å². The first kappa shape index (κ1) is 15.4. The minimum absolute atomic E-state index is 0.0890. The zero-order valence-electron chi connectivity index (χ0n) is 11.4. The molecule has 0 amide bonds. The van der Waals surface area contributed by atoms with Crippen molar-refractivity contribution in [2.45, 2.75) is 5.25 Å². The number of para-hydroxylation sites is 1. The van der Waals surface area contributed by atoms with Crippen LogP contribution in [0.2, 0.25) is 0 Å². The van der Waals surface area contributed by atoms with Gasteiger partial charge in [-0.1, -0.05) is 58.1 Å². The van der Waals surface area contributed by atoms with E-state index < -0.39 is 5.97 Å². The highest BCUT2D eigenvalue weighted by Crippen LogP contribution is 2.46. The maximum atomic E-state index is 12.0. The van der Waals surface area contributed by atoms with E-state index in [-0.39, 0.29) is 16.6 Å². The van der Waals surface area contributed by atoms with Crippen LogP contribution in [0.25, 0.3) is 0 Å². The van der Waals surface area contributed by atoms with Crippen LogP contribution in [-0.2, 0) is 0 Å². The molecule has 1 aliphatic rings. The van der Waals surface area contributed by atoms with E-state index in [4.69, 9.17) is 17.0 Å². The van der Waals surface area contributed by atoms with Crippen LogP contribution in [0.5, 0.6) is 11.5 Å². The fraction of sp³-hybridized carbons (Fsp3) is 0.125. The molecule has 0 saturated carbocycles. The number of phenols is 1. The zero-order chi connectivity index (χ0) is 15.5. The van der Waals surface area contributed by atoms with Gasteiger partial charge in [0, 0.05) is 10.6 Å². The molecule has 0 radical (unpaired) electrons. The molecule has 3 rings (SSSR count). The molecule has 0 aromatic heterocycles. The number of esters is 1. The molecule has 2 aromatic carbocycles. The highest BCUT2D eigenvalue weighted by atomic mass is 33.1. The standard InChI is InChI=1S/C16H12O3S3/c17-13-4-2-1-3-12(13)16(18)19-11-7-5-10(6-8-11)15-14(20)9-21-22-15/h1-8,15,17H,9H2. The molecule has 6 heteroatoms. The molecule has 0 aliphatic carbocycles. The minimum atomic E-state index is -0.577. The average Bonchev–Trinajstić information content (AvgIpc) is 2.94. The molecule has 1 fully saturated rings. The molecule has 112 valence electrons. The Hall–Kier alpha value is -1.50. The van der Waals surface area contributed by atoms with Gasteiger partial charge in [-0.25, -0.2) is 4.79 Å². The molecule has 1 aliphatic heterocycles. The summed E-state index contributed by atoms with van der Waals surface area (Å²) >= 11 is 5.35. The van der Waals surface area contributed by atoms with Gasteiger partial charge in [-0.2, -0.15) is 0 Å². The summed E-state index contributed by atoms with van der Waals surface area (Å²) in [5.41, 5.74) is 1.26. The number of benzene rings is 2. The second kappa shape index (κ2) is 6.73. The van der Waals surface area contributed by atoms with E-state index >= 15 is 0 Å². The van der Waals surface area contributed by atoms with Crippen molar-refractivity contribution in [3.05, 3.63) is 59.7 Å². The summed E-state index contributed by atoms with van der Waals surface area (Å²) in [4.78, 5) is 13.1. The van der Waals surface area contributed by atoms with E-state index in [1.807, 2.05) is 12.1 Å². The lowest BCUT2D eigenvalue weighted by Gasteiger charge is -2.10. The molecule has 0 spiro atoms. The third-order valence-corrected chi connectivity index (χ3v) is 6.54. The largest absolute Gasteiger partial charge is 0.507 e. The van der Waals surface area contributed by atoms with Gasteiger partial charge in [0.15, 0.2) is 0 Å². The average molecular weight is 348 g/mol. The Balaban J connectivity index is 1.72. The van der Waals surface area contributed by atoms with E-state index in [1.165, 1.54) is 12.1 Å². The van der Waals surface area contributed by atoms with Crippen molar-refractivity contribution in [3.63, 3.8) is 0 Å². The maximum Gasteiger partial charge on any atom is 0.347 e. The molecule has 1 atom stereocenters. The summed E-state index contributed by atoms with van der Waals surface area (Å²) in [5, 5.41) is 9.88. The summed E-state index contributed by atoms with van der Waals surface area (Å²) in [6.45, 7) is 0. The lowest BCUT2D eigenvalue weighted by Crippen LogP contribution is -2.09. The third kappa shape index (κ3) is 3.29. The fourth-order valence-electron chi connectivity index (χ4n) is 2.05. The zero-order valence-corrected chi connectivity index (χ0v) is 13.8. The van der Waals surface area contributed by atoms with Crippen molar-refractivity contribution in [1.29, 1.82) is 0 Å². The van der Waals surface area contributed by atoms with E-state index in [2.05, 4.69) is 0 Å². The van der Waals surface area contributed by atoms with Gasteiger partial charge in [-0.05, 0) is 29.8 Å². The summed E-state index contributed by atoms with van der Waals surface area (Å²) in [6.07, 6.45) is 0. The summed E-state index contributed by atoms with van der Waals surface area (Å²) < 4.78 is 5.28. The Labute approximate surface area is 141 Å². The topological polar surface area (TPSA) is 46.5 Å². The Kier molecular flexibility index (Phi) is 4.71. The number of carbonyl (C=O) groups excluding carboxylic acids is 1. The highest BCUT2D eigenvalue weighted by Gasteiger charge is 2.24. The maximum absolute atomic E-state index is 12.0. The van der Waals surface area contributed by atoms with Gasteiger partial charge < -0.3 is 9.84 Å². The first-order valence-electron chi connectivity index (χ1n) is 6.56.